The van der Waals surface area contributed by atoms with Crippen LogP contribution in [0, 0.1) is 12.3 Å². The van der Waals surface area contributed by atoms with Crippen LogP contribution in [-0.4, -0.2) is 11.2 Å². The van der Waals surface area contributed by atoms with Crippen LogP contribution in [0.2, 0.25) is 0 Å². The molecule has 0 atom stereocenters. The molecule has 1 saturated carbocycles. The topological polar surface area (TPSA) is 46.2 Å². The molecule has 2 nitrogen and oxygen atoms in total. The Morgan fingerprint density at radius 2 is 2.07 bits per heavy atom. The van der Waals surface area contributed by atoms with Gasteiger partial charge in [0.1, 0.15) is 0 Å². The Morgan fingerprint density at radius 3 is 2.64 bits per heavy atom. The lowest BCUT2D eigenvalue weighted by atomic mass is 9.69. The molecule has 0 radical (unpaired) electrons. The first-order valence-corrected chi connectivity index (χ1v) is 4.69. The fourth-order valence-electron chi connectivity index (χ4n) is 2.04. The molecular formula is C12H13NO. The van der Waals surface area contributed by atoms with E-state index >= 15 is 0 Å². The molecule has 1 aliphatic carbocycles. The van der Waals surface area contributed by atoms with Crippen molar-refractivity contribution in [2.45, 2.75) is 24.5 Å². The van der Waals surface area contributed by atoms with E-state index < -0.39 is 5.54 Å². The lowest BCUT2D eigenvalue weighted by Crippen LogP contribution is -2.52. The summed E-state index contributed by atoms with van der Waals surface area (Å²) < 4.78 is 0. The molecule has 0 aromatic heterocycles. The van der Waals surface area contributed by atoms with Crippen LogP contribution in [0.3, 0.4) is 0 Å². The standard InChI is InChI=1S/C12H13NO/c1-2-9-5-3-4-6-11(9)12(13)7-10(14)8-12/h1,3-6,10,14H,7-8,13H2. The Labute approximate surface area is 83.7 Å². The van der Waals surface area contributed by atoms with Gasteiger partial charge in [0.15, 0.2) is 0 Å². The third-order valence-corrected chi connectivity index (χ3v) is 2.82. The van der Waals surface area contributed by atoms with Gasteiger partial charge in [0.25, 0.3) is 0 Å². The lowest BCUT2D eigenvalue weighted by Gasteiger charge is -2.43. The van der Waals surface area contributed by atoms with Crippen molar-refractivity contribution in [1.29, 1.82) is 0 Å². The predicted molar refractivity (Wildman–Crippen MR) is 55.5 cm³/mol. The maximum Gasteiger partial charge on any atom is 0.0582 e. The minimum Gasteiger partial charge on any atom is -0.393 e. The molecule has 0 bridgehead atoms. The number of hydrogen-bond acceptors (Lipinski definition) is 2. The molecule has 14 heavy (non-hydrogen) atoms. The molecule has 0 aliphatic heterocycles. The van der Waals surface area contributed by atoms with E-state index in [9.17, 15) is 5.11 Å². The second-order valence-corrected chi connectivity index (χ2v) is 3.91. The normalized spacial score (nSPS) is 30.5. The maximum absolute atomic E-state index is 9.28. The van der Waals surface area contributed by atoms with Gasteiger partial charge in [0, 0.05) is 11.1 Å². The summed E-state index contributed by atoms with van der Waals surface area (Å²) in [5.74, 6) is 2.62. The van der Waals surface area contributed by atoms with Gasteiger partial charge in [-0.1, -0.05) is 24.1 Å². The van der Waals surface area contributed by atoms with Crippen LogP contribution in [0.5, 0.6) is 0 Å². The van der Waals surface area contributed by atoms with Crippen molar-refractivity contribution in [2.75, 3.05) is 0 Å². The van der Waals surface area contributed by atoms with Crippen molar-refractivity contribution >= 4 is 0 Å². The van der Waals surface area contributed by atoms with E-state index in [-0.39, 0.29) is 6.10 Å². The zero-order valence-electron chi connectivity index (χ0n) is 7.90. The minimum atomic E-state index is -0.414. The largest absolute Gasteiger partial charge is 0.393 e. The van der Waals surface area contributed by atoms with Crippen LogP contribution in [0.4, 0.5) is 0 Å². The Balaban J connectivity index is 2.38. The molecule has 0 spiro atoms. The number of terminal acetylenes is 1. The molecule has 2 rings (SSSR count). The van der Waals surface area contributed by atoms with Crippen molar-refractivity contribution in [1.82, 2.24) is 0 Å². The number of aliphatic hydroxyl groups excluding tert-OH is 1. The third kappa shape index (κ3) is 1.31. The van der Waals surface area contributed by atoms with E-state index in [2.05, 4.69) is 5.92 Å². The van der Waals surface area contributed by atoms with Crippen molar-refractivity contribution in [3.05, 3.63) is 35.4 Å². The van der Waals surface area contributed by atoms with E-state index in [1.165, 1.54) is 0 Å². The second kappa shape index (κ2) is 3.13. The van der Waals surface area contributed by atoms with Crippen LogP contribution >= 0.6 is 0 Å². The number of benzene rings is 1. The van der Waals surface area contributed by atoms with Gasteiger partial charge in [-0.25, -0.2) is 0 Å². The first-order valence-electron chi connectivity index (χ1n) is 4.69. The highest BCUT2D eigenvalue weighted by atomic mass is 16.3. The molecule has 1 aliphatic rings. The van der Waals surface area contributed by atoms with Crippen LogP contribution in [0.1, 0.15) is 24.0 Å². The summed E-state index contributed by atoms with van der Waals surface area (Å²) in [6, 6.07) is 7.66. The van der Waals surface area contributed by atoms with E-state index in [0.717, 1.165) is 11.1 Å². The molecule has 3 N–H and O–H groups in total. The number of rotatable bonds is 1. The van der Waals surface area contributed by atoms with Gasteiger partial charge in [-0.3, -0.25) is 0 Å². The van der Waals surface area contributed by atoms with Crippen molar-refractivity contribution < 1.29 is 5.11 Å². The van der Waals surface area contributed by atoms with E-state index in [1.54, 1.807) is 0 Å². The van der Waals surface area contributed by atoms with Gasteiger partial charge in [-0.2, -0.15) is 0 Å². The van der Waals surface area contributed by atoms with Gasteiger partial charge < -0.3 is 10.8 Å². The Bertz CT molecular complexity index is 386. The summed E-state index contributed by atoms with van der Waals surface area (Å²) in [5.41, 5.74) is 7.54. The van der Waals surface area contributed by atoms with E-state index in [0.29, 0.717) is 12.8 Å². The number of nitrogens with two attached hydrogens (primary N) is 1. The summed E-state index contributed by atoms with van der Waals surface area (Å²) in [4.78, 5) is 0. The van der Waals surface area contributed by atoms with Crippen LogP contribution in [0.15, 0.2) is 24.3 Å². The average Bonchev–Trinajstić information content (AvgIpc) is 2.15. The van der Waals surface area contributed by atoms with Gasteiger partial charge >= 0.3 is 0 Å². The van der Waals surface area contributed by atoms with Crippen LogP contribution in [0.25, 0.3) is 0 Å². The highest BCUT2D eigenvalue weighted by molar-refractivity contribution is 5.45. The Morgan fingerprint density at radius 1 is 1.43 bits per heavy atom. The number of hydrogen-bond donors (Lipinski definition) is 2. The second-order valence-electron chi connectivity index (χ2n) is 3.91. The fraction of sp³-hybridized carbons (Fsp3) is 0.333. The average molecular weight is 187 g/mol. The van der Waals surface area contributed by atoms with E-state index in [4.69, 9.17) is 12.2 Å². The molecule has 0 unspecified atom stereocenters. The Hall–Kier alpha value is -1.30. The van der Waals surface area contributed by atoms with Crippen molar-refractivity contribution in [3.63, 3.8) is 0 Å². The quantitative estimate of drug-likeness (QED) is 0.644. The van der Waals surface area contributed by atoms with Gasteiger partial charge in [0.05, 0.1) is 6.10 Å². The minimum absolute atomic E-state index is 0.272. The van der Waals surface area contributed by atoms with Crippen molar-refractivity contribution in [2.24, 2.45) is 5.73 Å². The molecule has 2 heteroatoms. The van der Waals surface area contributed by atoms with Crippen molar-refractivity contribution in [3.8, 4) is 12.3 Å². The first-order chi connectivity index (χ1) is 6.65. The summed E-state index contributed by atoms with van der Waals surface area (Å²) >= 11 is 0. The molecule has 1 fully saturated rings. The molecule has 72 valence electrons. The molecule has 0 saturated heterocycles. The first kappa shape index (κ1) is 9.26. The molecule has 1 aromatic rings. The maximum atomic E-state index is 9.28. The van der Waals surface area contributed by atoms with Gasteiger partial charge in [-0.15, -0.1) is 6.42 Å². The summed E-state index contributed by atoms with van der Waals surface area (Å²) in [5, 5.41) is 9.28. The Kier molecular flexibility index (Phi) is 2.07. The summed E-state index contributed by atoms with van der Waals surface area (Å²) in [7, 11) is 0. The highest BCUT2D eigenvalue weighted by Gasteiger charge is 2.42. The molecule has 0 heterocycles. The highest BCUT2D eigenvalue weighted by Crippen LogP contribution is 2.40. The molecule has 0 amide bonds. The van der Waals surface area contributed by atoms with Gasteiger partial charge in [0.2, 0.25) is 0 Å². The fourth-order valence-corrected chi connectivity index (χ4v) is 2.04. The third-order valence-electron chi connectivity index (χ3n) is 2.82. The zero-order chi connectivity index (χ0) is 10.2. The summed E-state index contributed by atoms with van der Waals surface area (Å²) in [6.07, 6.45) is 6.33. The van der Waals surface area contributed by atoms with E-state index in [1.807, 2.05) is 24.3 Å². The predicted octanol–water partition coefficient (Wildman–Crippen LogP) is 0.977. The zero-order valence-corrected chi connectivity index (χ0v) is 7.90. The monoisotopic (exact) mass is 187 g/mol. The molecule has 1 aromatic carbocycles. The van der Waals surface area contributed by atoms with Crippen LogP contribution in [-0.2, 0) is 5.54 Å². The molecular weight excluding hydrogens is 174 g/mol. The SMILES string of the molecule is C#Cc1ccccc1C1(N)CC(O)C1. The summed E-state index contributed by atoms with van der Waals surface area (Å²) in [6.45, 7) is 0. The van der Waals surface area contributed by atoms with Gasteiger partial charge in [-0.05, 0) is 24.5 Å². The smallest absolute Gasteiger partial charge is 0.0582 e. The lowest BCUT2D eigenvalue weighted by molar-refractivity contribution is 0.0208. The number of aliphatic hydroxyl groups is 1. The van der Waals surface area contributed by atoms with Crippen LogP contribution < -0.4 is 5.73 Å².